The molecule has 8 nitrogen and oxygen atoms in total. The van der Waals surface area contributed by atoms with Gasteiger partial charge in [-0.2, -0.15) is 4.98 Å². The fourth-order valence-corrected chi connectivity index (χ4v) is 5.06. The SMILES string of the molecule is CS(=O)(=O)c1ccc(OC[C@H]2CC[C@H](N3CCN(c4noc(CF)n4)CC3)CC2)c(F)c1. The van der Waals surface area contributed by atoms with Crippen LogP contribution in [0, 0.1) is 11.7 Å². The Bertz CT molecular complexity index is 1020. The van der Waals surface area contributed by atoms with Gasteiger partial charge in [0.05, 0.1) is 11.5 Å². The van der Waals surface area contributed by atoms with Gasteiger partial charge in [-0.25, -0.2) is 17.2 Å². The third kappa shape index (κ3) is 5.37. The molecule has 1 aromatic carbocycles. The summed E-state index contributed by atoms with van der Waals surface area (Å²) in [5.41, 5.74) is 0. The van der Waals surface area contributed by atoms with E-state index in [1.807, 2.05) is 4.90 Å². The average molecular weight is 471 g/mol. The molecule has 1 saturated carbocycles. The summed E-state index contributed by atoms with van der Waals surface area (Å²) in [6, 6.07) is 4.27. The second-order valence-electron chi connectivity index (χ2n) is 8.49. The van der Waals surface area contributed by atoms with E-state index in [1.165, 1.54) is 12.1 Å². The number of anilines is 1. The molecule has 1 saturated heterocycles. The molecule has 11 heteroatoms. The molecule has 0 bridgehead atoms. The minimum Gasteiger partial charge on any atom is -0.490 e. The highest BCUT2D eigenvalue weighted by Gasteiger charge is 2.30. The number of ether oxygens (including phenoxy) is 1. The van der Waals surface area contributed by atoms with E-state index in [4.69, 9.17) is 9.26 Å². The smallest absolute Gasteiger partial charge is 0.266 e. The van der Waals surface area contributed by atoms with Gasteiger partial charge in [0, 0.05) is 38.5 Å². The van der Waals surface area contributed by atoms with Crippen molar-refractivity contribution in [2.75, 3.05) is 43.9 Å². The van der Waals surface area contributed by atoms with Crippen molar-refractivity contribution in [1.82, 2.24) is 15.0 Å². The minimum absolute atomic E-state index is 0.00851. The van der Waals surface area contributed by atoms with Crippen LogP contribution in [-0.2, 0) is 16.5 Å². The summed E-state index contributed by atoms with van der Waals surface area (Å²) < 4.78 is 60.3. The number of benzene rings is 1. The summed E-state index contributed by atoms with van der Waals surface area (Å²) in [7, 11) is -3.44. The first-order chi connectivity index (χ1) is 15.3. The molecule has 32 heavy (non-hydrogen) atoms. The maximum absolute atomic E-state index is 14.2. The fraction of sp³-hybridized carbons (Fsp3) is 0.619. The molecular formula is C21H28F2N4O4S. The second kappa shape index (κ2) is 9.70. The van der Waals surface area contributed by atoms with Crippen molar-refractivity contribution in [2.45, 2.75) is 43.3 Å². The zero-order chi connectivity index (χ0) is 22.7. The second-order valence-corrected chi connectivity index (χ2v) is 10.5. The Kier molecular flexibility index (Phi) is 6.94. The maximum atomic E-state index is 14.2. The number of alkyl halides is 1. The van der Waals surface area contributed by atoms with E-state index in [0.717, 1.165) is 64.2 Å². The summed E-state index contributed by atoms with van der Waals surface area (Å²) in [4.78, 5) is 8.50. The summed E-state index contributed by atoms with van der Waals surface area (Å²) in [5, 5.41) is 3.84. The van der Waals surface area contributed by atoms with Crippen molar-refractivity contribution in [3.05, 3.63) is 29.9 Å². The lowest BCUT2D eigenvalue weighted by Gasteiger charge is -2.41. The van der Waals surface area contributed by atoms with Gasteiger partial charge in [0.1, 0.15) is 0 Å². The van der Waals surface area contributed by atoms with Crippen molar-refractivity contribution < 1.29 is 26.5 Å². The van der Waals surface area contributed by atoms with Crippen LogP contribution in [0.3, 0.4) is 0 Å². The molecule has 2 heterocycles. The summed E-state index contributed by atoms with van der Waals surface area (Å²) in [6.45, 7) is 3.00. The van der Waals surface area contributed by atoms with Crippen LogP contribution >= 0.6 is 0 Å². The molecule has 1 aliphatic heterocycles. The van der Waals surface area contributed by atoms with Crippen LogP contribution in [0.1, 0.15) is 31.6 Å². The number of hydrogen-bond donors (Lipinski definition) is 0. The summed E-state index contributed by atoms with van der Waals surface area (Å²) in [5.74, 6) is 0.247. The topological polar surface area (TPSA) is 88.8 Å². The Morgan fingerprint density at radius 2 is 1.88 bits per heavy atom. The van der Waals surface area contributed by atoms with Crippen molar-refractivity contribution >= 4 is 15.8 Å². The van der Waals surface area contributed by atoms with Crippen LogP contribution in [0.5, 0.6) is 5.75 Å². The first-order valence-electron chi connectivity index (χ1n) is 10.8. The number of rotatable bonds is 7. The Balaban J connectivity index is 1.21. The molecule has 0 radical (unpaired) electrons. The first-order valence-corrected chi connectivity index (χ1v) is 12.7. The van der Waals surface area contributed by atoms with Crippen LogP contribution in [0.15, 0.2) is 27.6 Å². The number of sulfone groups is 1. The van der Waals surface area contributed by atoms with E-state index < -0.39 is 22.3 Å². The average Bonchev–Trinajstić information content (AvgIpc) is 3.27. The van der Waals surface area contributed by atoms with Crippen LogP contribution in [0.2, 0.25) is 0 Å². The van der Waals surface area contributed by atoms with Gasteiger partial charge in [-0.05, 0) is 55.0 Å². The Morgan fingerprint density at radius 1 is 1.16 bits per heavy atom. The largest absolute Gasteiger partial charge is 0.490 e. The molecule has 4 rings (SSSR count). The zero-order valence-corrected chi connectivity index (χ0v) is 18.9. The lowest BCUT2D eigenvalue weighted by atomic mass is 9.85. The molecule has 176 valence electrons. The molecule has 1 aromatic heterocycles. The Labute approximate surface area is 186 Å². The van der Waals surface area contributed by atoms with Crippen molar-refractivity contribution in [3.8, 4) is 5.75 Å². The molecule has 2 aliphatic rings. The first kappa shape index (κ1) is 22.9. The highest BCUT2D eigenvalue weighted by Crippen LogP contribution is 2.30. The zero-order valence-electron chi connectivity index (χ0n) is 18.0. The molecule has 2 fully saturated rings. The fourth-order valence-electron chi connectivity index (χ4n) is 4.43. The molecule has 0 amide bonds. The van der Waals surface area contributed by atoms with E-state index in [1.54, 1.807) is 0 Å². The molecular weight excluding hydrogens is 442 g/mol. The van der Waals surface area contributed by atoms with Gasteiger partial charge in [0.15, 0.2) is 28.1 Å². The van der Waals surface area contributed by atoms with E-state index >= 15 is 0 Å². The molecule has 0 atom stereocenters. The Hall–Kier alpha value is -2.27. The van der Waals surface area contributed by atoms with Crippen LogP contribution < -0.4 is 9.64 Å². The predicted octanol–water partition coefficient (Wildman–Crippen LogP) is 2.84. The van der Waals surface area contributed by atoms with E-state index in [2.05, 4.69) is 15.0 Å². The van der Waals surface area contributed by atoms with E-state index in [-0.39, 0.29) is 16.5 Å². The standard InChI is InChI=1S/C21H28F2N4O4S/c1-32(28,29)17-6-7-19(18(23)12-17)30-14-15-2-4-16(5-3-15)26-8-10-27(11-9-26)21-24-20(13-22)31-25-21/h6-7,12,15-16H,2-5,8-11,13-14H2,1H3/t15-,16-. The van der Waals surface area contributed by atoms with Crippen molar-refractivity contribution in [2.24, 2.45) is 5.92 Å². The number of nitrogens with zero attached hydrogens (tertiary/aromatic N) is 4. The van der Waals surface area contributed by atoms with E-state index in [0.29, 0.717) is 24.5 Å². The quantitative estimate of drug-likeness (QED) is 0.611. The van der Waals surface area contributed by atoms with Crippen LogP contribution in [0.4, 0.5) is 14.7 Å². The van der Waals surface area contributed by atoms with Gasteiger partial charge < -0.3 is 14.2 Å². The van der Waals surface area contributed by atoms with Gasteiger partial charge in [-0.1, -0.05) is 0 Å². The van der Waals surface area contributed by atoms with Crippen molar-refractivity contribution in [1.29, 1.82) is 0 Å². The molecule has 0 unspecified atom stereocenters. The lowest BCUT2D eigenvalue weighted by molar-refractivity contribution is 0.110. The monoisotopic (exact) mass is 470 g/mol. The summed E-state index contributed by atoms with van der Waals surface area (Å²) >= 11 is 0. The third-order valence-corrected chi connectivity index (χ3v) is 7.42. The predicted molar refractivity (Wildman–Crippen MR) is 114 cm³/mol. The van der Waals surface area contributed by atoms with Crippen LogP contribution in [0.25, 0.3) is 0 Å². The van der Waals surface area contributed by atoms with Gasteiger partial charge in [-0.15, -0.1) is 0 Å². The minimum atomic E-state index is -3.44. The lowest BCUT2D eigenvalue weighted by Crippen LogP contribution is -2.51. The normalized spacial score (nSPS) is 22.8. The highest BCUT2D eigenvalue weighted by atomic mass is 32.2. The number of halogens is 2. The molecule has 2 aromatic rings. The maximum Gasteiger partial charge on any atom is 0.266 e. The van der Waals surface area contributed by atoms with Crippen LogP contribution in [-0.4, -0.2) is 68.5 Å². The Morgan fingerprint density at radius 3 is 2.47 bits per heavy atom. The highest BCUT2D eigenvalue weighted by molar-refractivity contribution is 7.90. The molecule has 0 N–H and O–H groups in total. The van der Waals surface area contributed by atoms with Gasteiger partial charge >= 0.3 is 0 Å². The van der Waals surface area contributed by atoms with Gasteiger partial charge in [0.25, 0.3) is 11.8 Å². The van der Waals surface area contributed by atoms with Gasteiger partial charge in [-0.3, -0.25) is 4.90 Å². The molecule has 1 aliphatic carbocycles. The number of aromatic nitrogens is 2. The summed E-state index contributed by atoms with van der Waals surface area (Å²) in [6.07, 6.45) is 5.15. The number of piperazine rings is 1. The van der Waals surface area contributed by atoms with E-state index in [9.17, 15) is 17.2 Å². The third-order valence-electron chi connectivity index (χ3n) is 6.31. The number of hydrogen-bond acceptors (Lipinski definition) is 8. The van der Waals surface area contributed by atoms with Crippen molar-refractivity contribution in [3.63, 3.8) is 0 Å². The van der Waals surface area contributed by atoms with Gasteiger partial charge in [0.2, 0.25) is 0 Å². The molecule has 0 spiro atoms.